The largest absolute Gasteiger partial charge is 0.508 e. The fourth-order valence-corrected chi connectivity index (χ4v) is 3.01. The first-order valence-electron chi connectivity index (χ1n) is 8.14. The Balaban J connectivity index is 1.95. The molecule has 0 unspecified atom stereocenters. The average molecular weight is 321 g/mol. The van der Waals surface area contributed by atoms with Crippen LogP contribution < -0.4 is 4.74 Å². The van der Waals surface area contributed by atoms with Crippen molar-refractivity contribution in [3.05, 3.63) is 71.8 Å². The van der Waals surface area contributed by atoms with Crippen LogP contribution in [0.5, 0.6) is 11.5 Å². The van der Waals surface area contributed by atoms with Gasteiger partial charge in [-0.15, -0.1) is 0 Å². The van der Waals surface area contributed by atoms with E-state index in [1.54, 1.807) is 13.2 Å². The fraction of sp³-hybridized carbons (Fsp3) is 0.238. The molecule has 3 nitrogen and oxygen atoms in total. The number of aromatic hydroxyl groups is 1. The van der Waals surface area contributed by atoms with Gasteiger partial charge in [-0.3, -0.25) is 4.90 Å². The smallest absolute Gasteiger partial charge is 0.120 e. The molecule has 24 heavy (non-hydrogen) atoms. The molecule has 0 spiro atoms. The van der Waals surface area contributed by atoms with E-state index in [0.717, 1.165) is 22.1 Å². The molecule has 0 bridgehead atoms. The molecule has 0 aromatic heterocycles. The molecule has 1 atom stereocenters. The number of hydrogen-bond donors (Lipinski definition) is 1. The zero-order chi connectivity index (χ0) is 17.1. The van der Waals surface area contributed by atoms with Gasteiger partial charge in [0.1, 0.15) is 11.5 Å². The lowest BCUT2D eigenvalue weighted by molar-refractivity contribution is 0.251. The quantitative estimate of drug-likeness (QED) is 0.736. The van der Waals surface area contributed by atoms with E-state index in [1.165, 1.54) is 5.56 Å². The van der Waals surface area contributed by atoms with Gasteiger partial charge in [0, 0.05) is 18.2 Å². The number of fused-ring (bicyclic) bond motifs is 1. The molecule has 3 aromatic carbocycles. The minimum atomic E-state index is 0.256. The van der Waals surface area contributed by atoms with E-state index in [-0.39, 0.29) is 6.04 Å². The second-order valence-corrected chi connectivity index (χ2v) is 6.15. The zero-order valence-electron chi connectivity index (χ0n) is 14.4. The molecule has 0 fully saturated rings. The molecular formula is C21H23NO2. The summed E-state index contributed by atoms with van der Waals surface area (Å²) in [7, 11) is 3.74. The third kappa shape index (κ3) is 3.22. The molecule has 0 saturated carbocycles. The van der Waals surface area contributed by atoms with Crippen molar-refractivity contribution >= 4 is 10.8 Å². The van der Waals surface area contributed by atoms with Crippen LogP contribution in [-0.2, 0) is 6.54 Å². The van der Waals surface area contributed by atoms with E-state index < -0.39 is 0 Å². The van der Waals surface area contributed by atoms with Gasteiger partial charge < -0.3 is 9.84 Å². The second kappa shape index (κ2) is 6.93. The van der Waals surface area contributed by atoms with E-state index >= 15 is 0 Å². The lowest BCUT2D eigenvalue weighted by Crippen LogP contribution is -2.22. The highest BCUT2D eigenvalue weighted by Gasteiger charge is 2.16. The van der Waals surface area contributed by atoms with Gasteiger partial charge in [-0.25, -0.2) is 0 Å². The Hall–Kier alpha value is -2.52. The summed E-state index contributed by atoms with van der Waals surface area (Å²) in [5.74, 6) is 1.12. The molecule has 3 aromatic rings. The lowest BCUT2D eigenvalue weighted by atomic mass is 10.0. The summed E-state index contributed by atoms with van der Waals surface area (Å²) in [5.41, 5.74) is 2.19. The van der Waals surface area contributed by atoms with E-state index in [1.807, 2.05) is 30.3 Å². The third-order valence-electron chi connectivity index (χ3n) is 4.67. The summed E-state index contributed by atoms with van der Waals surface area (Å²) in [5, 5.41) is 12.5. The van der Waals surface area contributed by atoms with E-state index in [2.05, 4.69) is 43.1 Å². The zero-order valence-corrected chi connectivity index (χ0v) is 14.4. The van der Waals surface area contributed by atoms with Crippen molar-refractivity contribution in [1.29, 1.82) is 0 Å². The first-order valence-corrected chi connectivity index (χ1v) is 8.14. The van der Waals surface area contributed by atoms with Gasteiger partial charge in [0.05, 0.1) is 7.11 Å². The summed E-state index contributed by atoms with van der Waals surface area (Å²) in [6.07, 6.45) is 0. The summed E-state index contributed by atoms with van der Waals surface area (Å²) < 4.78 is 5.34. The van der Waals surface area contributed by atoms with Crippen LogP contribution >= 0.6 is 0 Å². The molecule has 1 N–H and O–H groups in total. The summed E-state index contributed by atoms with van der Waals surface area (Å²) >= 11 is 0. The number of phenolic OH excluding ortho intramolecular Hbond substituents is 1. The number of rotatable bonds is 5. The molecule has 0 aliphatic rings. The van der Waals surface area contributed by atoms with Gasteiger partial charge in [0.15, 0.2) is 0 Å². The number of ether oxygens (including phenoxy) is 1. The second-order valence-electron chi connectivity index (χ2n) is 6.15. The maximum Gasteiger partial charge on any atom is 0.120 e. The predicted molar refractivity (Wildman–Crippen MR) is 98.5 cm³/mol. The molecule has 124 valence electrons. The SMILES string of the molecule is COc1ccc2ccc(O)c(CN(C)[C@H](C)c3ccccc3)c2c1. The molecular weight excluding hydrogens is 298 g/mol. The Morgan fingerprint density at radius 1 is 1.04 bits per heavy atom. The average Bonchev–Trinajstić information content (AvgIpc) is 2.63. The molecule has 0 aliphatic carbocycles. The normalized spacial score (nSPS) is 12.5. The molecule has 3 rings (SSSR count). The fourth-order valence-electron chi connectivity index (χ4n) is 3.01. The van der Waals surface area contributed by atoms with Crippen LogP contribution in [0.4, 0.5) is 0 Å². The van der Waals surface area contributed by atoms with Crippen LogP contribution in [0, 0.1) is 0 Å². The number of benzene rings is 3. The molecule has 3 heteroatoms. The van der Waals surface area contributed by atoms with Crippen LogP contribution in [-0.4, -0.2) is 24.2 Å². The summed E-state index contributed by atoms with van der Waals surface area (Å²) in [4.78, 5) is 2.24. The Kier molecular flexibility index (Phi) is 4.72. The Morgan fingerprint density at radius 2 is 1.75 bits per heavy atom. The van der Waals surface area contributed by atoms with Crippen molar-refractivity contribution < 1.29 is 9.84 Å². The molecule has 0 radical (unpaired) electrons. The summed E-state index contributed by atoms with van der Waals surface area (Å²) in [6, 6.07) is 20.3. The van der Waals surface area contributed by atoms with Gasteiger partial charge in [-0.1, -0.05) is 42.5 Å². The number of hydrogen-bond acceptors (Lipinski definition) is 3. The molecule has 0 saturated heterocycles. The highest BCUT2D eigenvalue weighted by Crippen LogP contribution is 2.32. The highest BCUT2D eigenvalue weighted by molar-refractivity contribution is 5.88. The maximum atomic E-state index is 10.4. The van der Waals surface area contributed by atoms with Crippen molar-refractivity contribution in [2.75, 3.05) is 14.2 Å². The van der Waals surface area contributed by atoms with Crippen molar-refractivity contribution in [3.8, 4) is 11.5 Å². The predicted octanol–water partition coefficient (Wildman–Crippen LogP) is 4.75. The first kappa shape index (κ1) is 16.3. The monoisotopic (exact) mass is 321 g/mol. The summed E-state index contributed by atoms with van der Waals surface area (Å²) in [6.45, 7) is 2.84. The highest BCUT2D eigenvalue weighted by atomic mass is 16.5. The van der Waals surface area contributed by atoms with Gasteiger partial charge in [-0.2, -0.15) is 0 Å². The van der Waals surface area contributed by atoms with E-state index in [9.17, 15) is 5.11 Å². The third-order valence-corrected chi connectivity index (χ3v) is 4.67. The van der Waals surface area contributed by atoms with Gasteiger partial charge >= 0.3 is 0 Å². The lowest BCUT2D eigenvalue weighted by Gasteiger charge is -2.26. The van der Waals surface area contributed by atoms with Crippen molar-refractivity contribution in [3.63, 3.8) is 0 Å². The molecule has 0 heterocycles. The van der Waals surface area contributed by atoms with Crippen LogP contribution in [0.25, 0.3) is 10.8 Å². The minimum absolute atomic E-state index is 0.256. The molecule has 0 amide bonds. The van der Waals surface area contributed by atoms with Gasteiger partial charge in [-0.05, 0) is 48.5 Å². The maximum absolute atomic E-state index is 10.4. The van der Waals surface area contributed by atoms with Gasteiger partial charge in [0.2, 0.25) is 0 Å². The Morgan fingerprint density at radius 3 is 2.46 bits per heavy atom. The van der Waals surface area contributed by atoms with E-state index in [4.69, 9.17) is 4.74 Å². The topological polar surface area (TPSA) is 32.7 Å². The number of methoxy groups -OCH3 is 1. The van der Waals surface area contributed by atoms with Crippen LogP contribution in [0.15, 0.2) is 60.7 Å². The van der Waals surface area contributed by atoms with Crippen LogP contribution in [0.1, 0.15) is 24.1 Å². The minimum Gasteiger partial charge on any atom is -0.508 e. The Bertz CT molecular complexity index is 830. The first-order chi connectivity index (χ1) is 11.6. The van der Waals surface area contributed by atoms with Crippen molar-refractivity contribution in [2.45, 2.75) is 19.5 Å². The standard InChI is InChI=1S/C21H23NO2/c1-15(16-7-5-4-6-8-16)22(2)14-20-19-13-18(24-3)11-9-17(19)10-12-21(20)23/h4-13,15,23H,14H2,1-3H3/t15-/m1/s1. The van der Waals surface area contributed by atoms with E-state index in [0.29, 0.717) is 12.3 Å². The van der Waals surface area contributed by atoms with Crippen molar-refractivity contribution in [2.24, 2.45) is 0 Å². The van der Waals surface area contributed by atoms with Crippen LogP contribution in [0.3, 0.4) is 0 Å². The van der Waals surface area contributed by atoms with Crippen molar-refractivity contribution in [1.82, 2.24) is 4.90 Å². The van der Waals surface area contributed by atoms with Gasteiger partial charge in [0.25, 0.3) is 0 Å². The number of nitrogens with zero attached hydrogens (tertiary/aromatic N) is 1. The molecule has 0 aliphatic heterocycles. The Labute approximate surface area is 143 Å². The van der Waals surface area contributed by atoms with Crippen LogP contribution in [0.2, 0.25) is 0 Å². The number of phenols is 1.